The van der Waals surface area contributed by atoms with E-state index in [1.807, 2.05) is 13.8 Å². The quantitative estimate of drug-likeness (QED) is 0.583. The molecule has 0 bridgehead atoms. The first-order valence-electron chi connectivity index (χ1n) is 11.0. The van der Waals surface area contributed by atoms with Crippen LogP contribution in [0.1, 0.15) is 42.6 Å². The molecule has 0 aromatic heterocycles. The molecule has 0 spiro atoms. The number of nitrogens with one attached hydrogen (secondary N) is 3. The number of halogens is 3. The van der Waals surface area contributed by atoms with E-state index >= 15 is 0 Å². The molecule has 1 aliphatic rings. The second kappa shape index (κ2) is 10.6. The summed E-state index contributed by atoms with van der Waals surface area (Å²) in [6.07, 6.45) is -3.19. The van der Waals surface area contributed by atoms with Crippen LogP contribution >= 0.6 is 0 Å². The van der Waals surface area contributed by atoms with E-state index in [9.17, 15) is 27.6 Å². The van der Waals surface area contributed by atoms with Crippen LogP contribution in [0.4, 0.5) is 29.3 Å². The Labute approximate surface area is 195 Å². The Bertz CT molecular complexity index is 1060. The minimum atomic E-state index is -4.52. The molecule has 1 aliphatic heterocycles. The van der Waals surface area contributed by atoms with Gasteiger partial charge in [0.25, 0.3) is 5.91 Å². The molecular weight excluding hydrogens is 449 g/mol. The molecule has 1 fully saturated rings. The summed E-state index contributed by atoms with van der Waals surface area (Å²) < 4.78 is 38.7. The van der Waals surface area contributed by atoms with Crippen LogP contribution in [0.25, 0.3) is 0 Å². The Kier molecular flexibility index (Phi) is 7.80. The van der Waals surface area contributed by atoms with Gasteiger partial charge in [0.15, 0.2) is 0 Å². The largest absolute Gasteiger partial charge is 0.416 e. The Balaban J connectivity index is 1.63. The van der Waals surface area contributed by atoms with Gasteiger partial charge in [-0.05, 0) is 63.1 Å². The molecule has 0 radical (unpaired) electrons. The minimum Gasteiger partial charge on any atom is -0.336 e. The molecule has 4 amide bonds. The number of rotatable bonds is 5. The number of hydrogen-bond acceptors (Lipinski definition) is 3. The van der Waals surface area contributed by atoms with E-state index in [0.29, 0.717) is 31.6 Å². The molecular formula is C24H27F3N4O3. The van der Waals surface area contributed by atoms with E-state index in [4.69, 9.17) is 0 Å². The molecule has 182 valence electrons. The number of piperidine rings is 1. The molecule has 1 heterocycles. The number of carbonyl (C=O) groups is 3. The fraction of sp³-hybridized carbons (Fsp3) is 0.375. The van der Waals surface area contributed by atoms with E-state index in [2.05, 4.69) is 16.0 Å². The van der Waals surface area contributed by atoms with Gasteiger partial charge in [0.2, 0.25) is 5.91 Å². The van der Waals surface area contributed by atoms with Crippen molar-refractivity contribution >= 4 is 29.2 Å². The highest BCUT2D eigenvalue weighted by Crippen LogP contribution is 2.30. The highest BCUT2D eigenvalue weighted by atomic mass is 19.4. The van der Waals surface area contributed by atoms with Gasteiger partial charge in [-0.3, -0.25) is 9.59 Å². The number of alkyl halides is 3. The molecule has 1 saturated heterocycles. The first-order valence-corrected chi connectivity index (χ1v) is 11.0. The molecule has 7 nitrogen and oxygen atoms in total. The van der Waals surface area contributed by atoms with Crippen molar-refractivity contribution in [1.82, 2.24) is 10.2 Å². The molecule has 3 rings (SSSR count). The van der Waals surface area contributed by atoms with Gasteiger partial charge in [-0.1, -0.05) is 12.1 Å². The minimum absolute atomic E-state index is 0.00785. The third-order valence-electron chi connectivity index (χ3n) is 5.33. The highest BCUT2D eigenvalue weighted by Gasteiger charge is 2.31. The van der Waals surface area contributed by atoms with Gasteiger partial charge in [-0.2, -0.15) is 13.2 Å². The lowest BCUT2D eigenvalue weighted by molar-refractivity contribution is -0.137. The van der Waals surface area contributed by atoms with Crippen molar-refractivity contribution in [1.29, 1.82) is 0 Å². The summed E-state index contributed by atoms with van der Waals surface area (Å²) in [5.41, 5.74) is -0.298. The summed E-state index contributed by atoms with van der Waals surface area (Å²) in [5, 5.41) is 8.04. The Morgan fingerprint density at radius 1 is 1.00 bits per heavy atom. The molecule has 10 heteroatoms. The average Bonchev–Trinajstić information content (AvgIpc) is 2.78. The number of amides is 4. The van der Waals surface area contributed by atoms with Crippen molar-refractivity contribution in [3.8, 4) is 0 Å². The average molecular weight is 476 g/mol. The zero-order valence-corrected chi connectivity index (χ0v) is 18.9. The normalized spacial score (nSPS) is 16.2. The SMILES string of the molecule is CC(C)NC(=O)N1CCC[C@@H](C(=O)Nc2cccc(C(=O)Nc3cccc(C(F)(F)F)c3)c2)C1. The van der Waals surface area contributed by atoms with Gasteiger partial charge in [-0.15, -0.1) is 0 Å². The second-order valence-electron chi connectivity index (χ2n) is 8.49. The van der Waals surface area contributed by atoms with Crippen molar-refractivity contribution in [3.63, 3.8) is 0 Å². The maximum Gasteiger partial charge on any atom is 0.416 e. The van der Waals surface area contributed by atoms with Crippen molar-refractivity contribution < 1.29 is 27.6 Å². The predicted octanol–water partition coefficient (Wildman–Crippen LogP) is 4.73. The fourth-order valence-electron chi connectivity index (χ4n) is 3.67. The van der Waals surface area contributed by atoms with Crippen LogP contribution in [-0.4, -0.2) is 41.9 Å². The summed E-state index contributed by atoms with van der Waals surface area (Å²) in [5.74, 6) is -1.27. The molecule has 0 unspecified atom stereocenters. The molecule has 34 heavy (non-hydrogen) atoms. The van der Waals surface area contributed by atoms with Gasteiger partial charge in [0.1, 0.15) is 0 Å². The zero-order valence-electron chi connectivity index (χ0n) is 18.9. The Morgan fingerprint density at radius 2 is 1.68 bits per heavy atom. The van der Waals surface area contributed by atoms with E-state index in [1.165, 1.54) is 24.3 Å². The molecule has 1 atom stereocenters. The standard InChI is InChI=1S/C24H27F3N4O3/c1-15(2)28-23(34)31-11-5-7-17(14-31)22(33)29-19-9-3-6-16(12-19)21(32)30-20-10-4-8-18(13-20)24(25,26)27/h3-4,6,8-10,12-13,15,17H,5,7,11,14H2,1-2H3,(H,28,34)(H,29,33)(H,30,32)/t17-/m1/s1. The number of likely N-dealkylation sites (tertiary alicyclic amines) is 1. The Morgan fingerprint density at radius 3 is 2.35 bits per heavy atom. The number of nitrogens with zero attached hydrogens (tertiary/aromatic N) is 1. The number of hydrogen-bond donors (Lipinski definition) is 3. The topological polar surface area (TPSA) is 90.5 Å². The van der Waals surface area contributed by atoms with Crippen LogP contribution in [0.3, 0.4) is 0 Å². The summed E-state index contributed by atoms with van der Waals surface area (Å²) in [6.45, 7) is 4.60. The third kappa shape index (κ3) is 6.72. The predicted molar refractivity (Wildman–Crippen MR) is 122 cm³/mol. The van der Waals surface area contributed by atoms with Crippen LogP contribution in [0.15, 0.2) is 48.5 Å². The fourth-order valence-corrected chi connectivity index (χ4v) is 3.67. The lowest BCUT2D eigenvalue weighted by atomic mass is 9.97. The molecule has 0 saturated carbocycles. The summed E-state index contributed by atoms with van der Waals surface area (Å²) in [4.78, 5) is 39.2. The van der Waals surface area contributed by atoms with Crippen molar-refractivity contribution in [2.45, 2.75) is 38.9 Å². The van der Waals surface area contributed by atoms with Crippen molar-refractivity contribution in [2.75, 3.05) is 23.7 Å². The monoisotopic (exact) mass is 476 g/mol. The molecule has 0 aliphatic carbocycles. The van der Waals surface area contributed by atoms with Crippen LogP contribution in [0.5, 0.6) is 0 Å². The van der Waals surface area contributed by atoms with Crippen LogP contribution < -0.4 is 16.0 Å². The van der Waals surface area contributed by atoms with Crippen molar-refractivity contribution in [3.05, 3.63) is 59.7 Å². The van der Waals surface area contributed by atoms with Gasteiger partial charge < -0.3 is 20.9 Å². The maximum absolute atomic E-state index is 12.9. The first kappa shape index (κ1) is 25.1. The Hall–Kier alpha value is -3.56. The molecule has 2 aromatic rings. The highest BCUT2D eigenvalue weighted by molar-refractivity contribution is 6.05. The van der Waals surface area contributed by atoms with Gasteiger partial charge in [0, 0.05) is 36.1 Å². The van der Waals surface area contributed by atoms with Gasteiger partial charge in [0.05, 0.1) is 11.5 Å². The van der Waals surface area contributed by atoms with E-state index in [1.54, 1.807) is 17.0 Å². The van der Waals surface area contributed by atoms with Gasteiger partial charge in [-0.25, -0.2) is 4.79 Å². The summed E-state index contributed by atoms with van der Waals surface area (Å²) >= 11 is 0. The summed E-state index contributed by atoms with van der Waals surface area (Å²) in [6, 6.07) is 10.3. The lowest BCUT2D eigenvalue weighted by Gasteiger charge is -2.32. The van der Waals surface area contributed by atoms with Crippen molar-refractivity contribution in [2.24, 2.45) is 5.92 Å². The maximum atomic E-state index is 12.9. The van der Waals surface area contributed by atoms with E-state index in [-0.39, 0.29) is 29.2 Å². The number of benzene rings is 2. The second-order valence-corrected chi connectivity index (χ2v) is 8.49. The third-order valence-corrected chi connectivity index (χ3v) is 5.33. The van der Waals surface area contributed by atoms with E-state index < -0.39 is 23.6 Å². The number of anilines is 2. The zero-order chi connectivity index (χ0) is 24.9. The van der Waals surface area contributed by atoms with Gasteiger partial charge >= 0.3 is 12.2 Å². The lowest BCUT2D eigenvalue weighted by Crippen LogP contribution is -2.49. The summed E-state index contributed by atoms with van der Waals surface area (Å²) in [7, 11) is 0. The molecule has 3 N–H and O–H groups in total. The molecule has 2 aromatic carbocycles. The number of urea groups is 1. The smallest absolute Gasteiger partial charge is 0.336 e. The van der Waals surface area contributed by atoms with E-state index in [0.717, 1.165) is 12.1 Å². The first-order chi connectivity index (χ1) is 16.0. The number of carbonyl (C=O) groups excluding carboxylic acids is 3. The van der Waals surface area contributed by atoms with Crippen LogP contribution in [0, 0.1) is 5.92 Å². The van der Waals surface area contributed by atoms with Crippen LogP contribution in [0.2, 0.25) is 0 Å². The van der Waals surface area contributed by atoms with Crippen LogP contribution in [-0.2, 0) is 11.0 Å².